The van der Waals surface area contributed by atoms with Gasteiger partial charge in [0.15, 0.2) is 0 Å². The lowest BCUT2D eigenvalue weighted by molar-refractivity contribution is -0.135. The van der Waals surface area contributed by atoms with Gasteiger partial charge in [-0.05, 0) is 82.7 Å². The minimum atomic E-state index is 0.309. The van der Waals surface area contributed by atoms with Crippen molar-refractivity contribution in [3.63, 3.8) is 0 Å². The highest BCUT2D eigenvalue weighted by molar-refractivity contribution is 5.79. The number of rotatable bonds is 4. The molecule has 1 aromatic rings. The Labute approximate surface area is 147 Å². The third-order valence-corrected chi connectivity index (χ3v) is 6.01. The number of benzene rings is 1. The van der Waals surface area contributed by atoms with Crippen molar-refractivity contribution in [3.05, 3.63) is 34.9 Å². The van der Waals surface area contributed by atoms with Crippen LogP contribution in [0.5, 0.6) is 0 Å². The van der Waals surface area contributed by atoms with E-state index in [1.165, 1.54) is 48.8 Å². The van der Waals surface area contributed by atoms with Gasteiger partial charge >= 0.3 is 0 Å². The average Bonchev–Trinajstić information content (AvgIpc) is 2.60. The Balaban J connectivity index is 1.70. The van der Waals surface area contributed by atoms with E-state index in [1.807, 2.05) is 0 Å². The van der Waals surface area contributed by atoms with Gasteiger partial charge in [0.05, 0.1) is 6.42 Å². The summed E-state index contributed by atoms with van der Waals surface area (Å²) in [7, 11) is 4.23. The van der Waals surface area contributed by atoms with E-state index in [9.17, 15) is 4.79 Å². The predicted molar refractivity (Wildman–Crippen MR) is 99.3 cm³/mol. The molecule has 1 heterocycles. The van der Waals surface area contributed by atoms with Gasteiger partial charge in [0.25, 0.3) is 0 Å². The number of likely N-dealkylation sites (tertiary alicyclic amines) is 1. The molecule has 3 rings (SSSR count). The summed E-state index contributed by atoms with van der Waals surface area (Å²) in [5, 5.41) is 0. The van der Waals surface area contributed by atoms with Crippen LogP contribution in [0.1, 0.15) is 55.7 Å². The molecule has 2 unspecified atom stereocenters. The average molecular weight is 329 g/mol. The zero-order valence-electron chi connectivity index (χ0n) is 15.6. The number of amides is 1. The number of fused-ring (bicyclic) bond motifs is 1. The lowest BCUT2D eigenvalue weighted by Gasteiger charge is -2.41. The van der Waals surface area contributed by atoms with Crippen molar-refractivity contribution in [3.8, 4) is 0 Å². The molecule has 2 atom stereocenters. The predicted octanol–water partition coefficient (Wildman–Crippen LogP) is 3.44. The monoisotopic (exact) mass is 328 g/mol. The standard InChI is InChI=1S/C21H32N2O/c1-16(22(2)3)20-10-6-7-13-23(20)21(24)15-17-11-12-18-8-4-5-9-19(18)14-17/h11-12,14,16,20H,4-10,13,15H2,1-3H3. The number of hydrogen-bond acceptors (Lipinski definition) is 2. The summed E-state index contributed by atoms with van der Waals surface area (Å²) < 4.78 is 0. The fourth-order valence-corrected chi connectivity index (χ4v) is 4.29. The Bertz CT molecular complexity index is 581. The normalized spacial score (nSPS) is 22.3. The topological polar surface area (TPSA) is 23.6 Å². The smallest absolute Gasteiger partial charge is 0.227 e. The van der Waals surface area contributed by atoms with Gasteiger partial charge in [-0.1, -0.05) is 18.2 Å². The number of carbonyl (C=O) groups excluding carboxylic acids is 1. The molecule has 2 aliphatic rings. The first kappa shape index (κ1) is 17.5. The van der Waals surface area contributed by atoms with Crippen LogP contribution in [0.2, 0.25) is 0 Å². The largest absolute Gasteiger partial charge is 0.338 e. The summed E-state index contributed by atoms with van der Waals surface area (Å²) >= 11 is 0. The maximum Gasteiger partial charge on any atom is 0.227 e. The fraction of sp³-hybridized carbons (Fsp3) is 0.667. The third kappa shape index (κ3) is 3.83. The molecule has 1 fully saturated rings. The molecule has 1 aliphatic heterocycles. The van der Waals surface area contributed by atoms with Crippen LogP contribution in [0.4, 0.5) is 0 Å². The number of hydrogen-bond donors (Lipinski definition) is 0. The molecule has 1 amide bonds. The first-order chi connectivity index (χ1) is 11.6. The van der Waals surface area contributed by atoms with Crippen LogP contribution in [0.3, 0.4) is 0 Å². The summed E-state index contributed by atoms with van der Waals surface area (Å²) in [6, 6.07) is 7.50. The van der Waals surface area contributed by atoms with E-state index in [4.69, 9.17) is 0 Å². The molecule has 0 spiro atoms. The SMILES string of the molecule is CC(C1CCCCN1C(=O)Cc1ccc2c(c1)CCCC2)N(C)C. The van der Waals surface area contributed by atoms with E-state index in [1.54, 1.807) is 0 Å². The van der Waals surface area contributed by atoms with Crippen molar-refractivity contribution in [2.75, 3.05) is 20.6 Å². The Morgan fingerprint density at radius 3 is 2.67 bits per heavy atom. The van der Waals surface area contributed by atoms with Gasteiger partial charge in [-0.2, -0.15) is 0 Å². The molecule has 0 radical (unpaired) electrons. The van der Waals surface area contributed by atoms with Crippen LogP contribution >= 0.6 is 0 Å². The molecule has 1 saturated heterocycles. The van der Waals surface area contributed by atoms with Crippen molar-refractivity contribution in [1.29, 1.82) is 0 Å². The van der Waals surface area contributed by atoms with Gasteiger partial charge < -0.3 is 9.80 Å². The van der Waals surface area contributed by atoms with Gasteiger partial charge in [0.1, 0.15) is 0 Å². The molecule has 3 nitrogen and oxygen atoms in total. The van der Waals surface area contributed by atoms with Gasteiger partial charge in [-0.15, -0.1) is 0 Å². The minimum Gasteiger partial charge on any atom is -0.338 e. The van der Waals surface area contributed by atoms with E-state index in [0.29, 0.717) is 24.4 Å². The first-order valence-corrected chi connectivity index (χ1v) is 9.63. The first-order valence-electron chi connectivity index (χ1n) is 9.63. The van der Waals surface area contributed by atoms with Crippen molar-refractivity contribution >= 4 is 5.91 Å². The zero-order valence-corrected chi connectivity index (χ0v) is 15.6. The quantitative estimate of drug-likeness (QED) is 0.845. The molecule has 0 bridgehead atoms. The number of aryl methyl sites for hydroxylation is 2. The minimum absolute atomic E-state index is 0.309. The highest BCUT2D eigenvalue weighted by Crippen LogP contribution is 2.25. The van der Waals surface area contributed by atoms with Crippen molar-refractivity contribution in [2.45, 2.75) is 70.4 Å². The lowest BCUT2D eigenvalue weighted by atomic mass is 9.89. The van der Waals surface area contributed by atoms with Crippen LogP contribution in [0.15, 0.2) is 18.2 Å². The fourth-order valence-electron chi connectivity index (χ4n) is 4.29. The zero-order chi connectivity index (χ0) is 17.1. The van der Waals surface area contributed by atoms with Crippen LogP contribution in [0.25, 0.3) is 0 Å². The Hall–Kier alpha value is -1.35. The van der Waals surface area contributed by atoms with E-state index in [0.717, 1.165) is 19.4 Å². The number of likely N-dealkylation sites (N-methyl/N-ethyl adjacent to an activating group) is 1. The summed E-state index contributed by atoms with van der Waals surface area (Å²) in [6.45, 7) is 3.17. The molecule has 0 aromatic heterocycles. The molecular weight excluding hydrogens is 296 g/mol. The maximum absolute atomic E-state index is 13.0. The molecular formula is C21H32N2O. The van der Waals surface area contributed by atoms with Gasteiger partial charge in [0.2, 0.25) is 5.91 Å². The van der Waals surface area contributed by atoms with E-state index in [-0.39, 0.29) is 0 Å². The van der Waals surface area contributed by atoms with E-state index >= 15 is 0 Å². The molecule has 24 heavy (non-hydrogen) atoms. The maximum atomic E-state index is 13.0. The molecule has 1 aliphatic carbocycles. The summed E-state index contributed by atoms with van der Waals surface area (Å²) in [6.07, 6.45) is 9.07. The highest BCUT2D eigenvalue weighted by Gasteiger charge is 2.31. The summed E-state index contributed by atoms with van der Waals surface area (Å²) in [5.41, 5.74) is 4.17. The Morgan fingerprint density at radius 2 is 1.92 bits per heavy atom. The van der Waals surface area contributed by atoms with Crippen LogP contribution < -0.4 is 0 Å². The highest BCUT2D eigenvalue weighted by atomic mass is 16.2. The number of nitrogens with zero attached hydrogens (tertiary/aromatic N) is 2. The number of carbonyl (C=O) groups is 1. The summed E-state index contributed by atoms with van der Waals surface area (Å²) in [4.78, 5) is 17.4. The Morgan fingerprint density at radius 1 is 1.17 bits per heavy atom. The molecule has 0 saturated carbocycles. The van der Waals surface area contributed by atoms with Gasteiger partial charge in [0, 0.05) is 18.6 Å². The molecule has 132 valence electrons. The second-order valence-corrected chi connectivity index (χ2v) is 7.84. The van der Waals surface area contributed by atoms with E-state index < -0.39 is 0 Å². The summed E-state index contributed by atoms with van der Waals surface area (Å²) in [5.74, 6) is 0.309. The van der Waals surface area contributed by atoms with Gasteiger partial charge in [-0.25, -0.2) is 0 Å². The van der Waals surface area contributed by atoms with Crippen molar-refractivity contribution in [1.82, 2.24) is 9.80 Å². The molecule has 3 heteroatoms. The van der Waals surface area contributed by atoms with E-state index in [2.05, 4.69) is 49.0 Å². The second-order valence-electron chi connectivity index (χ2n) is 7.84. The van der Waals surface area contributed by atoms with Crippen LogP contribution in [-0.4, -0.2) is 48.4 Å². The second kappa shape index (κ2) is 7.69. The Kier molecular flexibility index (Phi) is 5.60. The van der Waals surface area contributed by atoms with Crippen LogP contribution in [-0.2, 0) is 24.1 Å². The van der Waals surface area contributed by atoms with Gasteiger partial charge in [-0.3, -0.25) is 4.79 Å². The van der Waals surface area contributed by atoms with Crippen LogP contribution in [0, 0.1) is 0 Å². The van der Waals surface area contributed by atoms with Crippen molar-refractivity contribution < 1.29 is 4.79 Å². The third-order valence-electron chi connectivity index (χ3n) is 6.01. The van der Waals surface area contributed by atoms with Crippen molar-refractivity contribution in [2.24, 2.45) is 0 Å². The number of piperidine rings is 1. The lowest BCUT2D eigenvalue weighted by Crippen LogP contribution is -2.53. The molecule has 0 N–H and O–H groups in total. The molecule has 1 aromatic carbocycles.